The van der Waals surface area contributed by atoms with Crippen LogP contribution >= 0.6 is 0 Å². The molecule has 2 nitrogen and oxygen atoms in total. The van der Waals surface area contributed by atoms with E-state index in [1.807, 2.05) is 0 Å². The fourth-order valence-corrected chi connectivity index (χ4v) is 4.38. The minimum absolute atomic E-state index is 0.364. The first-order chi connectivity index (χ1) is 9.24. The van der Waals surface area contributed by atoms with Crippen LogP contribution in [0.25, 0.3) is 0 Å². The van der Waals surface area contributed by atoms with Gasteiger partial charge in [-0.3, -0.25) is 4.90 Å². The summed E-state index contributed by atoms with van der Waals surface area (Å²) in [5, 5.41) is 0. The zero-order valence-electron chi connectivity index (χ0n) is 13.2. The van der Waals surface area contributed by atoms with E-state index in [4.69, 9.17) is 5.73 Å². The van der Waals surface area contributed by atoms with Crippen LogP contribution in [-0.2, 0) is 0 Å². The van der Waals surface area contributed by atoms with Crippen molar-refractivity contribution >= 4 is 0 Å². The Hall–Kier alpha value is -0.0800. The van der Waals surface area contributed by atoms with Gasteiger partial charge in [-0.2, -0.15) is 0 Å². The third-order valence-electron chi connectivity index (χ3n) is 5.98. The Morgan fingerprint density at radius 3 is 2.11 bits per heavy atom. The minimum Gasteiger partial charge on any atom is -0.329 e. The minimum atomic E-state index is 0.364. The Labute approximate surface area is 120 Å². The molecule has 1 saturated carbocycles. The summed E-state index contributed by atoms with van der Waals surface area (Å²) in [6, 6.07) is 0. The summed E-state index contributed by atoms with van der Waals surface area (Å²) in [5.41, 5.74) is 6.57. The number of piperidine rings is 1. The molecule has 19 heavy (non-hydrogen) atoms. The molecular formula is C17H34N2. The van der Waals surface area contributed by atoms with Gasteiger partial charge in [0.05, 0.1) is 0 Å². The molecule has 0 atom stereocenters. The molecular weight excluding hydrogens is 232 g/mol. The van der Waals surface area contributed by atoms with Crippen molar-refractivity contribution < 1.29 is 0 Å². The molecule has 0 aromatic carbocycles. The van der Waals surface area contributed by atoms with Crippen molar-refractivity contribution in [3.05, 3.63) is 0 Å². The van der Waals surface area contributed by atoms with Crippen molar-refractivity contribution in [2.24, 2.45) is 17.6 Å². The van der Waals surface area contributed by atoms with Gasteiger partial charge >= 0.3 is 0 Å². The monoisotopic (exact) mass is 266 g/mol. The molecule has 2 aliphatic rings. The van der Waals surface area contributed by atoms with Gasteiger partial charge < -0.3 is 5.73 Å². The predicted octanol–water partition coefficient (Wildman–Crippen LogP) is 3.80. The van der Waals surface area contributed by atoms with E-state index >= 15 is 0 Å². The highest BCUT2D eigenvalue weighted by Crippen LogP contribution is 2.39. The summed E-state index contributed by atoms with van der Waals surface area (Å²) in [4.78, 5) is 2.77. The molecule has 0 radical (unpaired) electrons. The average Bonchev–Trinajstić information content (AvgIpc) is 2.48. The van der Waals surface area contributed by atoms with Crippen LogP contribution < -0.4 is 5.73 Å². The maximum absolute atomic E-state index is 6.21. The van der Waals surface area contributed by atoms with Crippen LogP contribution in [-0.4, -0.2) is 30.1 Å². The van der Waals surface area contributed by atoms with Gasteiger partial charge in [-0.15, -0.1) is 0 Å². The Bertz CT molecular complexity index is 248. The van der Waals surface area contributed by atoms with Crippen LogP contribution in [0.1, 0.15) is 71.6 Å². The second-order valence-electron chi connectivity index (χ2n) is 7.00. The molecule has 112 valence electrons. The van der Waals surface area contributed by atoms with Gasteiger partial charge in [0.15, 0.2) is 0 Å². The standard InChI is InChI=1S/C17H34N2/c1-3-5-16-8-12-19(13-9-16)17(14-18)10-6-15(4-2)7-11-17/h15-16H,3-14,18H2,1-2H3. The largest absolute Gasteiger partial charge is 0.329 e. The molecule has 2 heteroatoms. The fraction of sp³-hybridized carbons (Fsp3) is 1.00. The highest BCUT2D eigenvalue weighted by atomic mass is 15.2. The quantitative estimate of drug-likeness (QED) is 0.820. The summed E-state index contributed by atoms with van der Waals surface area (Å²) in [5.74, 6) is 1.96. The lowest BCUT2D eigenvalue weighted by atomic mass is 9.73. The van der Waals surface area contributed by atoms with Gasteiger partial charge in [0.1, 0.15) is 0 Å². The molecule has 1 saturated heterocycles. The van der Waals surface area contributed by atoms with E-state index in [0.717, 1.165) is 18.4 Å². The molecule has 2 N–H and O–H groups in total. The van der Waals surface area contributed by atoms with E-state index < -0.39 is 0 Å². The first kappa shape index (κ1) is 15.3. The van der Waals surface area contributed by atoms with Crippen molar-refractivity contribution in [2.45, 2.75) is 77.2 Å². The van der Waals surface area contributed by atoms with Gasteiger partial charge in [-0.25, -0.2) is 0 Å². The van der Waals surface area contributed by atoms with Crippen molar-refractivity contribution in [3.63, 3.8) is 0 Å². The third kappa shape index (κ3) is 3.52. The molecule has 1 aliphatic heterocycles. The second-order valence-corrected chi connectivity index (χ2v) is 7.00. The topological polar surface area (TPSA) is 29.3 Å². The predicted molar refractivity (Wildman–Crippen MR) is 83.2 cm³/mol. The highest BCUT2D eigenvalue weighted by Gasteiger charge is 2.39. The van der Waals surface area contributed by atoms with E-state index in [0.29, 0.717) is 5.54 Å². The third-order valence-corrected chi connectivity index (χ3v) is 5.98. The van der Waals surface area contributed by atoms with Crippen molar-refractivity contribution in [3.8, 4) is 0 Å². The lowest BCUT2D eigenvalue weighted by Gasteiger charge is -2.50. The summed E-state index contributed by atoms with van der Waals surface area (Å²) in [6.07, 6.45) is 12.5. The number of hydrogen-bond acceptors (Lipinski definition) is 2. The molecule has 1 aliphatic carbocycles. The molecule has 0 spiro atoms. The lowest BCUT2D eigenvalue weighted by molar-refractivity contribution is 0.0141. The molecule has 0 unspecified atom stereocenters. The van der Waals surface area contributed by atoms with Crippen LogP contribution in [0.3, 0.4) is 0 Å². The zero-order valence-corrected chi connectivity index (χ0v) is 13.2. The molecule has 0 aromatic heterocycles. The number of nitrogens with two attached hydrogens (primary N) is 1. The van der Waals surface area contributed by atoms with Gasteiger partial charge in [0.25, 0.3) is 0 Å². The maximum atomic E-state index is 6.21. The van der Waals surface area contributed by atoms with Gasteiger partial charge in [0, 0.05) is 12.1 Å². The molecule has 0 aromatic rings. The summed E-state index contributed by atoms with van der Waals surface area (Å²) in [7, 11) is 0. The smallest absolute Gasteiger partial charge is 0.0331 e. The molecule has 1 heterocycles. The van der Waals surface area contributed by atoms with Crippen LogP contribution in [0.4, 0.5) is 0 Å². The Morgan fingerprint density at radius 2 is 1.63 bits per heavy atom. The first-order valence-corrected chi connectivity index (χ1v) is 8.69. The average molecular weight is 266 g/mol. The first-order valence-electron chi connectivity index (χ1n) is 8.69. The van der Waals surface area contributed by atoms with Gasteiger partial charge in [0.2, 0.25) is 0 Å². The lowest BCUT2D eigenvalue weighted by Crippen LogP contribution is -2.57. The van der Waals surface area contributed by atoms with Crippen molar-refractivity contribution in [1.29, 1.82) is 0 Å². The number of nitrogens with zero attached hydrogens (tertiary/aromatic N) is 1. The van der Waals surface area contributed by atoms with Gasteiger partial charge in [-0.1, -0.05) is 33.1 Å². The normalized spacial score (nSPS) is 34.6. The molecule has 2 rings (SSSR count). The fourth-order valence-electron chi connectivity index (χ4n) is 4.38. The molecule has 0 bridgehead atoms. The second kappa shape index (κ2) is 7.08. The molecule has 2 fully saturated rings. The Morgan fingerprint density at radius 1 is 1.00 bits per heavy atom. The highest BCUT2D eigenvalue weighted by molar-refractivity contribution is 4.97. The van der Waals surface area contributed by atoms with Crippen molar-refractivity contribution in [2.75, 3.05) is 19.6 Å². The van der Waals surface area contributed by atoms with E-state index in [1.54, 1.807) is 0 Å². The van der Waals surface area contributed by atoms with Crippen LogP contribution in [0.15, 0.2) is 0 Å². The Kier molecular flexibility index (Phi) is 5.70. The summed E-state index contributed by atoms with van der Waals surface area (Å²) >= 11 is 0. The van der Waals surface area contributed by atoms with Gasteiger partial charge in [-0.05, 0) is 63.5 Å². The van der Waals surface area contributed by atoms with E-state index in [9.17, 15) is 0 Å². The maximum Gasteiger partial charge on any atom is 0.0331 e. The SMILES string of the molecule is CCCC1CCN(C2(CN)CCC(CC)CC2)CC1. The van der Waals surface area contributed by atoms with Crippen LogP contribution in [0.5, 0.6) is 0 Å². The van der Waals surface area contributed by atoms with Crippen LogP contribution in [0, 0.1) is 11.8 Å². The van der Waals surface area contributed by atoms with E-state index in [-0.39, 0.29) is 0 Å². The summed E-state index contributed by atoms with van der Waals surface area (Å²) < 4.78 is 0. The van der Waals surface area contributed by atoms with E-state index in [1.165, 1.54) is 70.9 Å². The Balaban J connectivity index is 1.88. The number of likely N-dealkylation sites (tertiary alicyclic amines) is 1. The number of hydrogen-bond donors (Lipinski definition) is 1. The molecule has 0 amide bonds. The van der Waals surface area contributed by atoms with Crippen molar-refractivity contribution in [1.82, 2.24) is 4.90 Å². The zero-order chi connectivity index (χ0) is 13.7. The number of rotatable bonds is 5. The van der Waals surface area contributed by atoms with Crippen LogP contribution in [0.2, 0.25) is 0 Å². The van der Waals surface area contributed by atoms with E-state index in [2.05, 4.69) is 18.7 Å². The summed E-state index contributed by atoms with van der Waals surface area (Å²) in [6.45, 7) is 8.15.